The SMILES string of the molecule is COc1ccc(C(=O)CCC(=O)O[Si](C)(C)C)c2ccccc12. The molecule has 2 rings (SSSR count). The normalized spacial score (nSPS) is 11.3. The van der Waals surface area contributed by atoms with E-state index < -0.39 is 8.32 Å². The van der Waals surface area contributed by atoms with E-state index in [-0.39, 0.29) is 24.6 Å². The highest BCUT2D eigenvalue weighted by atomic mass is 28.4. The Morgan fingerprint density at radius 1 is 0.957 bits per heavy atom. The van der Waals surface area contributed by atoms with Gasteiger partial charge in [-0.25, -0.2) is 0 Å². The molecule has 0 saturated heterocycles. The molecule has 5 heteroatoms. The molecule has 0 aliphatic heterocycles. The fourth-order valence-corrected chi connectivity index (χ4v) is 3.22. The molecule has 0 N–H and O–H groups in total. The predicted octanol–water partition coefficient (Wildman–Crippen LogP) is 4.19. The van der Waals surface area contributed by atoms with Gasteiger partial charge in [0.1, 0.15) is 5.75 Å². The lowest BCUT2D eigenvalue weighted by atomic mass is 9.98. The second kappa shape index (κ2) is 6.96. The van der Waals surface area contributed by atoms with Crippen molar-refractivity contribution in [2.24, 2.45) is 0 Å². The van der Waals surface area contributed by atoms with Crippen molar-refractivity contribution >= 4 is 30.8 Å². The van der Waals surface area contributed by atoms with Crippen LogP contribution < -0.4 is 4.74 Å². The second-order valence-electron chi connectivity index (χ2n) is 6.37. The van der Waals surface area contributed by atoms with Crippen LogP contribution >= 0.6 is 0 Å². The molecule has 0 spiro atoms. The van der Waals surface area contributed by atoms with Gasteiger partial charge in [0.25, 0.3) is 5.97 Å². The molecule has 0 atom stereocenters. The van der Waals surface area contributed by atoms with Crippen LogP contribution in [-0.4, -0.2) is 27.2 Å². The van der Waals surface area contributed by atoms with E-state index in [9.17, 15) is 9.59 Å². The van der Waals surface area contributed by atoms with E-state index in [0.717, 1.165) is 16.5 Å². The molecule has 0 fully saturated rings. The maximum atomic E-state index is 12.5. The van der Waals surface area contributed by atoms with Crippen LogP contribution in [0.25, 0.3) is 10.8 Å². The standard InChI is InChI=1S/C18H22O4Si/c1-21-17-11-9-14(13-7-5-6-8-15(13)17)16(19)10-12-18(20)22-23(2,3)4/h5-9,11H,10,12H2,1-4H3. The fourth-order valence-electron chi connectivity index (χ4n) is 2.44. The first-order valence-corrected chi connectivity index (χ1v) is 11.0. The highest BCUT2D eigenvalue weighted by Gasteiger charge is 2.21. The summed E-state index contributed by atoms with van der Waals surface area (Å²) >= 11 is 0. The monoisotopic (exact) mass is 330 g/mol. The van der Waals surface area contributed by atoms with Gasteiger partial charge in [0.2, 0.25) is 8.32 Å². The Morgan fingerprint density at radius 3 is 2.22 bits per heavy atom. The van der Waals surface area contributed by atoms with Gasteiger partial charge in [0, 0.05) is 17.4 Å². The number of methoxy groups -OCH3 is 1. The molecule has 4 nitrogen and oxygen atoms in total. The third-order valence-electron chi connectivity index (χ3n) is 3.38. The molecule has 0 saturated carbocycles. The number of ketones is 1. The molecule has 2 aromatic carbocycles. The van der Waals surface area contributed by atoms with Crippen molar-refractivity contribution in [2.75, 3.05) is 7.11 Å². The second-order valence-corrected chi connectivity index (χ2v) is 10.8. The Bertz CT molecular complexity index is 731. The zero-order chi connectivity index (χ0) is 17.0. The lowest BCUT2D eigenvalue weighted by Crippen LogP contribution is -2.29. The van der Waals surface area contributed by atoms with Crippen molar-refractivity contribution in [3.8, 4) is 5.75 Å². The lowest BCUT2D eigenvalue weighted by Gasteiger charge is -2.17. The summed E-state index contributed by atoms with van der Waals surface area (Å²) in [5, 5.41) is 1.74. The maximum Gasteiger partial charge on any atom is 0.292 e. The highest BCUT2D eigenvalue weighted by molar-refractivity contribution is 6.71. The summed E-state index contributed by atoms with van der Waals surface area (Å²) in [4.78, 5) is 24.3. The summed E-state index contributed by atoms with van der Waals surface area (Å²) in [5.74, 6) is 0.377. The molecule has 122 valence electrons. The van der Waals surface area contributed by atoms with Crippen molar-refractivity contribution in [2.45, 2.75) is 32.5 Å². The number of hydrogen-bond acceptors (Lipinski definition) is 4. The van der Waals surface area contributed by atoms with E-state index in [1.807, 2.05) is 43.9 Å². The number of hydrogen-bond donors (Lipinski definition) is 0. The molecule has 0 radical (unpaired) electrons. The van der Waals surface area contributed by atoms with E-state index in [0.29, 0.717) is 5.56 Å². The minimum atomic E-state index is -1.91. The molecular formula is C18H22O4Si. The fraction of sp³-hybridized carbons (Fsp3) is 0.333. The van der Waals surface area contributed by atoms with Gasteiger partial charge in [-0.15, -0.1) is 0 Å². The molecule has 2 aromatic rings. The molecule has 0 heterocycles. The molecular weight excluding hydrogens is 308 g/mol. The van der Waals surface area contributed by atoms with Gasteiger partial charge in [-0.2, -0.15) is 0 Å². The van der Waals surface area contributed by atoms with Gasteiger partial charge < -0.3 is 9.16 Å². The molecule has 0 bridgehead atoms. The van der Waals surface area contributed by atoms with Gasteiger partial charge >= 0.3 is 0 Å². The third-order valence-corrected chi connectivity index (χ3v) is 4.22. The first kappa shape index (κ1) is 17.2. The zero-order valence-electron chi connectivity index (χ0n) is 14.0. The maximum absolute atomic E-state index is 12.5. The number of ether oxygens (including phenoxy) is 1. The minimum Gasteiger partial charge on any atom is -0.520 e. The summed E-state index contributed by atoms with van der Waals surface area (Å²) in [7, 11) is -0.298. The number of carbonyl (C=O) groups excluding carboxylic acids is 2. The zero-order valence-corrected chi connectivity index (χ0v) is 15.0. The predicted molar refractivity (Wildman–Crippen MR) is 93.5 cm³/mol. The van der Waals surface area contributed by atoms with Crippen LogP contribution in [0, 0.1) is 0 Å². The topological polar surface area (TPSA) is 52.6 Å². The van der Waals surface area contributed by atoms with Crippen LogP contribution in [0.1, 0.15) is 23.2 Å². The van der Waals surface area contributed by atoms with Crippen molar-refractivity contribution in [3.63, 3.8) is 0 Å². The van der Waals surface area contributed by atoms with Crippen molar-refractivity contribution in [3.05, 3.63) is 42.0 Å². The minimum absolute atomic E-state index is 0.0589. The summed E-state index contributed by atoms with van der Waals surface area (Å²) in [6, 6.07) is 11.2. The summed E-state index contributed by atoms with van der Waals surface area (Å²) in [6.45, 7) is 5.84. The summed E-state index contributed by atoms with van der Waals surface area (Å²) in [5.41, 5.74) is 0.613. The van der Waals surface area contributed by atoms with E-state index in [1.54, 1.807) is 19.2 Å². The van der Waals surface area contributed by atoms with Crippen LogP contribution in [-0.2, 0) is 9.22 Å². The van der Waals surface area contributed by atoms with E-state index in [1.165, 1.54) is 0 Å². The van der Waals surface area contributed by atoms with E-state index >= 15 is 0 Å². The number of Topliss-reactive ketones (excluding diaryl/α,β-unsaturated/α-hetero) is 1. The third kappa shape index (κ3) is 4.42. The Balaban J connectivity index is 2.17. The number of rotatable bonds is 6. The van der Waals surface area contributed by atoms with E-state index in [4.69, 9.17) is 9.16 Å². The Hall–Kier alpha value is -2.14. The van der Waals surface area contributed by atoms with Gasteiger partial charge in [-0.1, -0.05) is 24.3 Å². The highest BCUT2D eigenvalue weighted by Crippen LogP contribution is 2.29. The molecule has 0 aromatic heterocycles. The average molecular weight is 330 g/mol. The smallest absolute Gasteiger partial charge is 0.292 e. The number of carbonyl (C=O) groups is 2. The summed E-state index contributed by atoms with van der Waals surface area (Å²) in [6.07, 6.45) is 0.267. The van der Waals surface area contributed by atoms with Crippen LogP contribution in [0.5, 0.6) is 5.75 Å². The van der Waals surface area contributed by atoms with Crippen LogP contribution in [0.15, 0.2) is 36.4 Å². The van der Waals surface area contributed by atoms with Crippen LogP contribution in [0.4, 0.5) is 0 Å². The quantitative estimate of drug-likeness (QED) is 0.589. The van der Waals surface area contributed by atoms with Gasteiger partial charge in [0.15, 0.2) is 5.78 Å². The van der Waals surface area contributed by atoms with Crippen LogP contribution in [0.2, 0.25) is 19.6 Å². The van der Waals surface area contributed by atoms with Gasteiger partial charge in [-0.3, -0.25) is 9.59 Å². The Morgan fingerprint density at radius 2 is 1.61 bits per heavy atom. The first-order chi connectivity index (χ1) is 10.8. The Labute approximate surface area is 137 Å². The molecule has 0 amide bonds. The first-order valence-electron chi connectivity index (χ1n) is 7.62. The average Bonchev–Trinajstić information content (AvgIpc) is 2.50. The Kier molecular flexibility index (Phi) is 5.21. The molecule has 0 unspecified atom stereocenters. The molecule has 0 aliphatic rings. The van der Waals surface area contributed by atoms with Crippen molar-refractivity contribution < 1.29 is 18.8 Å². The number of fused-ring (bicyclic) bond motifs is 1. The van der Waals surface area contributed by atoms with Crippen LogP contribution in [0.3, 0.4) is 0 Å². The summed E-state index contributed by atoms with van der Waals surface area (Å²) < 4.78 is 10.7. The van der Waals surface area contributed by atoms with Gasteiger partial charge in [0.05, 0.1) is 13.5 Å². The largest absolute Gasteiger partial charge is 0.520 e. The molecule has 23 heavy (non-hydrogen) atoms. The molecule has 0 aliphatic carbocycles. The number of benzene rings is 2. The van der Waals surface area contributed by atoms with Crippen molar-refractivity contribution in [1.29, 1.82) is 0 Å². The van der Waals surface area contributed by atoms with E-state index in [2.05, 4.69) is 0 Å². The van der Waals surface area contributed by atoms with Gasteiger partial charge in [-0.05, 0) is 37.2 Å². The lowest BCUT2D eigenvalue weighted by molar-refractivity contribution is -0.135. The van der Waals surface area contributed by atoms with Crippen molar-refractivity contribution in [1.82, 2.24) is 0 Å².